The minimum absolute atomic E-state index is 0.0486. The first-order chi connectivity index (χ1) is 6.52. The van der Waals surface area contributed by atoms with Crippen LogP contribution in [0.4, 0.5) is 4.39 Å². The molecule has 0 heterocycles. The van der Waals surface area contributed by atoms with E-state index in [4.69, 9.17) is 5.11 Å². The van der Waals surface area contributed by atoms with Crippen molar-refractivity contribution in [1.82, 2.24) is 0 Å². The van der Waals surface area contributed by atoms with Gasteiger partial charge in [0.1, 0.15) is 5.82 Å². The summed E-state index contributed by atoms with van der Waals surface area (Å²) < 4.78 is 13.2. The van der Waals surface area contributed by atoms with E-state index in [0.717, 1.165) is 6.07 Å². The van der Waals surface area contributed by atoms with Crippen LogP contribution >= 0.6 is 0 Å². The van der Waals surface area contributed by atoms with Crippen molar-refractivity contribution in [3.05, 3.63) is 35.1 Å². The minimum atomic E-state index is -1.15. The van der Waals surface area contributed by atoms with Gasteiger partial charge in [0.05, 0.1) is 6.42 Å². The molecule has 14 heavy (non-hydrogen) atoms. The van der Waals surface area contributed by atoms with Gasteiger partial charge >= 0.3 is 5.97 Å². The summed E-state index contributed by atoms with van der Waals surface area (Å²) in [5.74, 6) is -2.14. The number of Topliss-reactive ketones (excluding diaryl/α,β-unsaturated/α-hetero) is 1. The maximum atomic E-state index is 13.2. The zero-order chi connectivity index (χ0) is 10.7. The molecule has 0 fully saturated rings. The van der Waals surface area contributed by atoms with Gasteiger partial charge in [0.2, 0.25) is 0 Å². The Labute approximate surface area is 80.2 Å². The molecular weight excluding hydrogens is 187 g/mol. The van der Waals surface area contributed by atoms with Crippen molar-refractivity contribution in [2.75, 3.05) is 0 Å². The molecule has 1 aromatic carbocycles. The van der Waals surface area contributed by atoms with Crippen LogP contribution in [0.2, 0.25) is 0 Å². The zero-order valence-corrected chi connectivity index (χ0v) is 7.58. The summed E-state index contributed by atoms with van der Waals surface area (Å²) in [5.41, 5.74) is 0.0832. The van der Waals surface area contributed by atoms with Crippen LogP contribution in [0.15, 0.2) is 18.2 Å². The number of ketones is 1. The van der Waals surface area contributed by atoms with Gasteiger partial charge in [-0.3, -0.25) is 9.59 Å². The van der Waals surface area contributed by atoms with E-state index >= 15 is 0 Å². The summed E-state index contributed by atoms with van der Waals surface area (Å²) in [7, 11) is 0. The van der Waals surface area contributed by atoms with Crippen molar-refractivity contribution < 1.29 is 19.1 Å². The molecule has 1 aromatic rings. The lowest BCUT2D eigenvalue weighted by atomic mass is 10.0. The van der Waals surface area contributed by atoms with Crippen molar-refractivity contribution >= 4 is 11.8 Å². The van der Waals surface area contributed by atoms with Gasteiger partial charge in [-0.2, -0.15) is 0 Å². The fraction of sp³-hybridized carbons (Fsp3) is 0.200. The molecule has 0 unspecified atom stereocenters. The number of carboxylic acid groups (broad SMARTS) is 1. The van der Waals surface area contributed by atoms with E-state index in [1.165, 1.54) is 19.1 Å². The SMILES string of the molecule is CC(=O)c1cccc(F)c1CC(=O)O. The topological polar surface area (TPSA) is 54.4 Å². The Morgan fingerprint density at radius 1 is 1.43 bits per heavy atom. The van der Waals surface area contributed by atoms with Crippen LogP contribution < -0.4 is 0 Å². The van der Waals surface area contributed by atoms with E-state index in [9.17, 15) is 14.0 Å². The van der Waals surface area contributed by atoms with Crippen molar-refractivity contribution in [2.45, 2.75) is 13.3 Å². The number of carboxylic acids is 1. The molecule has 0 saturated carbocycles. The van der Waals surface area contributed by atoms with E-state index in [1.807, 2.05) is 0 Å². The van der Waals surface area contributed by atoms with Gasteiger partial charge in [0.15, 0.2) is 5.78 Å². The molecule has 3 nitrogen and oxygen atoms in total. The second kappa shape index (κ2) is 4.00. The standard InChI is InChI=1S/C10H9FO3/c1-6(12)7-3-2-4-9(11)8(7)5-10(13)14/h2-4H,5H2,1H3,(H,13,14). The second-order valence-electron chi connectivity index (χ2n) is 2.89. The normalized spacial score (nSPS) is 9.86. The number of rotatable bonds is 3. The van der Waals surface area contributed by atoms with E-state index in [-0.39, 0.29) is 16.9 Å². The van der Waals surface area contributed by atoms with Gasteiger partial charge in [-0.25, -0.2) is 4.39 Å². The van der Waals surface area contributed by atoms with Crippen LogP contribution in [-0.2, 0) is 11.2 Å². The molecule has 0 aromatic heterocycles. The maximum Gasteiger partial charge on any atom is 0.307 e. The molecule has 0 radical (unpaired) electrons. The van der Waals surface area contributed by atoms with Gasteiger partial charge in [0.25, 0.3) is 0 Å². The number of halogens is 1. The fourth-order valence-electron chi connectivity index (χ4n) is 1.22. The van der Waals surface area contributed by atoms with E-state index < -0.39 is 18.2 Å². The van der Waals surface area contributed by atoms with Crippen LogP contribution in [0, 0.1) is 5.82 Å². The first kappa shape index (κ1) is 10.4. The molecule has 0 aliphatic carbocycles. The molecule has 0 spiro atoms. The van der Waals surface area contributed by atoms with Crippen molar-refractivity contribution in [3.8, 4) is 0 Å². The smallest absolute Gasteiger partial charge is 0.307 e. The molecule has 0 aliphatic heterocycles. The third kappa shape index (κ3) is 2.16. The molecule has 0 saturated heterocycles. The van der Waals surface area contributed by atoms with E-state index in [0.29, 0.717) is 0 Å². The molecule has 74 valence electrons. The van der Waals surface area contributed by atoms with Crippen LogP contribution in [0.5, 0.6) is 0 Å². The minimum Gasteiger partial charge on any atom is -0.481 e. The Kier molecular flexibility index (Phi) is 2.96. The average Bonchev–Trinajstić information content (AvgIpc) is 2.07. The fourth-order valence-corrected chi connectivity index (χ4v) is 1.22. The van der Waals surface area contributed by atoms with Gasteiger partial charge in [-0.05, 0) is 13.0 Å². The monoisotopic (exact) mass is 196 g/mol. The highest BCUT2D eigenvalue weighted by molar-refractivity contribution is 5.96. The third-order valence-electron chi connectivity index (χ3n) is 1.83. The Morgan fingerprint density at radius 2 is 2.07 bits per heavy atom. The number of carbonyl (C=O) groups excluding carboxylic acids is 1. The van der Waals surface area contributed by atoms with Crippen LogP contribution in [-0.4, -0.2) is 16.9 Å². The number of carbonyl (C=O) groups is 2. The van der Waals surface area contributed by atoms with Crippen molar-refractivity contribution in [1.29, 1.82) is 0 Å². The molecule has 1 N–H and O–H groups in total. The van der Waals surface area contributed by atoms with Gasteiger partial charge in [-0.15, -0.1) is 0 Å². The van der Waals surface area contributed by atoms with Crippen molar-refractivity contribution in [2.24, 2.45) is 0 Å². The van der Waals surface area contributed by atoms with Crippen molar-refractivity contribution in [3.63, 3.8) is 0 Å². The van der Waals surface area contributed by atoms with Gasteiger partial charge < -0.3 is 5.11 Å². The van der Waals surface area contributed by atoms with Gasteiger partial charge in [-0.1, -0.05) is 12.1 Å². The predicted molar refractivity (Wildman–Crippen MR) is 47.7 cm³/mol. The molecule has 4 heteroatoms. The number of hydrogen-bond acceptors (Lipinski definition) is 2. The summed E-state index contributed by atoms with van der Waals surface area (Å²) >= 11 is 0. The summed E-state index contributed by atoms with van der Waals surface area (Å²) in [6.07, 6.45) is -0.471. The first-order valence-electron chi connectivity index (χ1n) is 4.02. The lowest BCUT2D eigenvalue weighted by Gasteiger charge is -2.04. The number of hydrogen-bond donors (Lipinski definition) is 1. The summed E-state index contributed by atoms with van der Waals surface area (Å²) in [6, 6.07) is 3.95. The first-order valence-corrected chi connectivity index (χ1v) is 4.02. The van der Waals surface area contributed by atoms with Crippen LogP contribution in [0.3, 0.4) is 0 Å². The average molecular weight is 196 g/mol. The Hall–Kier alpha value is -1.71. The summed E-state index contributed by atoms with van der Waals surface area (Å²) in [4.78, 5) is 21.5. The Morgan fingerprint density at radius 3 is 2.57 bits per heavy atom. The van der Waals surface area contributed by atoms with Crippen LogP contribution in [0.1, 0.15) is 22.8 Å². The highest BCUT2D eigenvalue weighted by Gasteiger charge is 2.14. The Balaban J connectivity index is 3.22. The summed E-state index contributed by atoms with van der Waals surface area (Å²) in [6.45, 7) is 1.28. The largest absolute Gasteiger partial charge is 0.481 e. The van der Waals surface area contributed by atoms with Gasteiger partial charge in [0, 0.05) is 11.1 Å². The lowest BCUT2D eigenvalue weighted by Crippen LogP contribution is -2.08. The molecule has 0 amide bonds. The molecule has 0 aliphatic rings. The molecule has 0 bridgehead atoms. The quantitative estimate of drug-likeness (QED) is 0.748. The maximum absolute atomic E-state index is 13.2. The lowest BCUT2D eigenvalue weighted by molar-refractivity contribution is -0.136. The van der Waals surface area contributed by atoms with E-state index in [2.05, 4.69) is 0 Å². The molecule has 1 rings (SSSR count). The highest BCUT2D eigenvalue weighted by atomic mass is 19.1. The summed E-state index contributed by atoms with van der Waals surface area (Å²) in [5, 5.41) is 8.52. The number of benzene rings is 1. The third-order valence-corrected chi connectivity index (χ3v) is 1.83. The molecule has 0 atom stereocenters. The predicted octanol–water partition coefficient (Wildman–Crippen LogP) is 1.66. The Bertz CT molecular complexity index is 385. The van der Waals surface area contributed by atoms with E-state index in [1.54, 1.807) is 0 Å². The van der Waals surface area contributed by atoms with Crippen LogP contribution in [0.25, 0.3) is 0 Å². The second-order valence-corrected chi connectivity index (χ2v) is 2.89. The highest BCUT2D eigenvalue weighted by Crippen LogP contribution is 2.14. The molecular formula is C10H9FO3. The zero-order valence-electron chi connectivity index (χ0n) is 7.58. The number of aliphatic carboxylic acids is 1.